The Morgan fingerprint density at radius 2 is 2.10 bits per heavy atom. The molecule has 1 rings (SSSR count). The fourth-order valence-electron chi connectivity index (χ4n) is 1.84. The van der Waals surface area contributed by atoms with Crippen LogP contribution < -0.4 is 10.2 Å². The third-order valence-electron chi connectivity index (χ3n) is 2.81. The van der Waals surface area contributed by atoms with Crippen LogP contribution in [0.15, 0.2) is 6.07 Å². The molecular weight excluding hydrogens is 272 g/mol. The van der Waals surface area contributed by atoms with E-state index in [2.05, 4.69) is 15.3 Å². The maximum atomic E-state index is 9.21. The number of hydrogen-bond donors (Lipinski definition) is 2. The van der Waals surface area contributed by atoms with E-state index < -0.39 is 0 Å². The molecule has 7 heteroatoms. The van der Waals surface area contributed by atoms with Gasteiger partial charge in [0.05, 0.1) is 13.2 Å². The Labute approximate surface area is 126 Å². The number of rotatable bonds is 11. The van der Waals surface area contributed by atoms with Crippen molar-refractivity contribution in [1.82, 2.24) is 9.97 Å². The molecule has 0 aliphatic rings. The topological polar surface area (TPSA) is 79.7 Å². The van der Waals surface area contributed by atoms with Crippen molar-refractivity contribution in [2.75, 3.05) is 56.8 Å². The lowest BCUT2D eigenvalue weighted by molar-refractivity contribution is 0.128. The molecule has 2 N–H and O–H groups in total. The van der Waals surface area contributed by atoms with E-state index in [4.69, 9.17) is 9.47 Å². The summed E-state index contributed by atoms with van der Waals surface area (Å²) in [6.45, 7) is 7.52. The largest absolute Gasteiger partial charge is 0.395 e. The lowest BCUT2D eigenvalue weighted by Gasteiger charge is -2.23. The average molecular weight is 298 g/mol. The fraction of sp³-hybridized carbons (Fsp3) is 0.714. The third-order valence-corrected chi connectivity index (χ3v) is 2.81. The van der Waals surface area contributed by atoms with Crippen LogP contribution in [0.3, 0.4) is 0 Å². The predicted octanol–water partition coefficient (Wildman–Crippen LogP) is 0.890. The Bertz CT molecular complexity index is 404. The fourth-order valence-corrected chi connectivity index (χ4v) is 1.84. The molecule has 1 heterocycles. The van der Waals surface area contributed by atoms with Crippen molar-refractivity contribution in [2.24, 2.45) is 0 Å². The highest BCUT2D eigenvalue weighted by Crippen LogP contribution is 2.16. The number of nitrogens with one attached hydrogen (secondary N) is 1. The Kier molecular flexibility index (Phi) is 8.65. The van der Waals surface area contributed by atoms with Crippen LogP contribution in [0, 0.1) is 0 Å². The van der Waals surface area contributed by atoms with Crippen LogP contribution >= 0.6 is 0 Å². The van der Waals surface area contributed by atoms with Crippen LogP contribution in [0.25, 0.3) is 0 Å². The molecule has 21 heavy (non-hydrogen) atoms. The highest BCUT2D eigenvalue weighted by molar-refractivity contribution is 5.49. The lowest BCUT2D eigenvalue weighted by Crippen LogP contribution is -2.31. The summed E-state index contributed by atoms with van der Waals surface area (Å²) in [6.07, 6.45) is 0. The van der Waals surface area contributed by atoms with E-state index in [1.54, 1.807) is 7.11 Å². The summed E-state index contributed by atoms with van der Waals surface area (Å²) in [5.74, 6) is 2.16. The smallest absolute Gasteiger partial charge is 0.158 e. The van der Waals surface area contributed by atoms with Gasteiger partial charge < -0.3 is 24.8 Å². The molecule has 7 nitrogen and oxygen atoms in total. The van der Waals surface area contributed by atoms with Gasteiger partial charge in [-0.1, -0.05) is 0 Å². The summed E-state index contributed by atoms with van der Waals surface area (Å²) in [4.78, 5) is 10.9. The van der Waals surface area contributed by atoms with E-state index in [1.807, 2.05) is 24.8 Å². The van der Waals surface area contributed by atoms with Gasteiger partial charge in [0, 0.05) is 39.4 Å². The molecule has 0 fully saturated rings. The zero-order valence-electron chi connectivity index (χ0n) is 13.1. The van der Waals surface area contributed by atoms with Gasteiger partial charge in [-0.05, 0) is 13.8 Å². The average Bonchev–Trinajstić information content (AvgIpc) is 2.49. The van der Waals surface area contributed by atoms with Crippen molar-refractivity contribution >= 4 is 11.6 Å². The molecule has 0 saturated carbocycles. The third kappa shape index (κ3) is 6.24. The van der Waals surface area contributed by atoms with Gasteiger partial charge in [0.1, 0.15) is 18.2 Å². The molecule has 0 aliphatic carbocycles. The summed E-state index contributed by atoms with van der Waals surface area (Å²) < 4.78 is 10.5. The van der Waals surface area contributed by atoms with E-state index in [9.17, 15) is 5.11 Å². The van der Waals surface area contributed by atoms with E-state index in [0.717, 1.165) is 18.2 Å². The molecule has 0 radical (unpaired) electrons. The van der Waals surface area contributed by atoms with E-state index in [-0.39, 0.29) is 6.61 Å². The van der Waals surface area contributed by atoms with Gasteiger partial charge in [-0.2, -0.15) is 0 Å². The van der Waals surface area contributed by atoms with E-state index >= 15 is 0 Å². The van der Waals surface area contributed by atoms with E-state index in [1.165, 1.54) is 0 Å². The molecular formula is C14H26N4O3. The normalized spacial score (nSPS) is 10.7. The maximum Gasteiger partial charge on any atom is 0.158 e. The second-order valence-corrected chi connectivity index (χ2v) is 4.40. The first kappa shape index (κ1) is 17.6. The summed E-state index contributed by atoms with van der Waals surface area (Å²) in [5, 5.41) is 12.4. The minimum absolute atomic E-state index is 0.0606. The molecule has 1 aromatic rings. The van der Waals surface area contributed by atoms with Crippen molar-refractivity contribution in [3.63, 3.8) is 0 Å². The van der Waals surface area contributed by atoms with Gasteiger partial charge in [-0.25, -0.2) is 9.97 Å². The molecule has 0 unspecified atom stereocenters. The molecule has 0 aliphatic heterocycles. The highest BCUT2D eigenvalue weighted by Gasteiger charge is 2.11. The molecule has 0 spiro atoms. The summed E-state index contributed by atoms with van der Waals surface area (Å²) in [7, 11) is 1.65. The lowest BCUT2D eigenvalue weighted by atomic mass is 10.4. The van der Waals surface area contributed by atoms with Crippen LogP contribution in [0.5, 0.6) is 0 Å². The first-order valence-corrected chi connectivity index (χ1v) is 7.29. The molecule has 0 bridgehead atoms. The van der Waals surface area contributed by atoms with Crippen LogP contribution in [0.2, 0.25) is 0 Å². The first-order valence-electron chi connectivity index (χ1n) is 7.29. The van der Waals surface area contributed by atoms with Crippen LogP contribution in [-0.4, -0.2) is 61.6 Å². The van der Waals surface area contributed by atoms with Gasteiger partial charge in [0.15, 0.2) is 5.82 Å². The van der Waals surface area contributed by atoms with Crippen LogP contribution in [0.1, 0.15) is 19.7 Å². The number of nitrogens with zero attached hydrogens (tertiary/aromatic N) is 3. The molecule has 0 saturated heterocycles. The van der Waals surface area contributed by atoms with Gasteiger partial charge in [-0.15, -0.1) is 0 Å². The van der Waals surface area contributed by atoms with Gasteiger partial charge in [0.25, 0.3) is 0 Å². The van der Waals surface area contributed by atoms with Crippen molar-refractivity contribution < 1.29 is 14.6 Å². The van der Waals surface area contributed by atoms with Gasteiger partial charge in [0.2, 0.25) is 0 Å². The Morgan fingerprint density at radius 3 is 2.71 bits per heavy atom. The van der Waals surface area contributed by atoms with Crippen molar-refractivity contribution in [1.29, 1.82) is 0 Å². The number of anilines is 2. The molecule has 0 atom stereocenters. The van der Waals surface area contributed by atoms with Crippen molar-refractivity contribution in [3.8, 4) is 0 Å². The number of aliphatic hydroxyl groups is 1. The molecule has 0 aromatic carbocycles. The second kappa shape index (κ2) is 10.3. The molecule has 1 aromatic heterocycles. The molecule has 0 amide bonds. The number of aromatic nitrogens is 2. The number of hydrogen-bond acceptors (Lipinski definition) is 7. The minimum atomic E-state index is 0.0606. The quantitative estimate of drug-likeness (QED) is 0.628. The minimum Gasteiger partial charge on any atom is -0.395 e. The zero-order chi connectivity index (χ0) is 15.5. The van der Waals surface area contributed by atoms with Gasteiger partial charge >= 0.3 is 0 Å². The summed E-state index contributed by atoms with van der Waals surface area (Å²) >= 11 is 0. The number of ether oxygens (including phenoxy) is 2. The number of methoxy groups -OCH3 is 1. The monoisotopic (exact) mass is 298 g/mol. The summed E-state index contributed by atoms with van der Waals surface area (Å²) in [5.41, 5.74) is 0. The predicted molar refractivity (Wildman–Crippen MR) is 82.7 cm³/mol. The maximum absolute atomic E-state index is 9.21. The SMILES string of the molecule is CCNc1cc(N(CCO)CCOC)nc(COCC)n1. The Hall–Kier alpha value is -1.44. The van der Waals surface area contributed by atoms with Gasteiger partial charge in [-0.3, -0.25) is 0 Å². The summed E-state index contributed by atoms with van der Waals surface area (Å²) in [6, 6.07) is 1.88. The Balaban J connectivity index is 2.96. The zero-order valence-corrected chi connectivity index (χ0v) is 13.1. The standard InChI is InChI=1S/C14H26N4O3/c1-4-15-12-10-14(17-13(16-12)11-21-5-2)18(6-8-19)7-9-20-3/h10,19H,4-9,11H2,1-3H3,(H,15,16,17). The van der Waals surface area contributed by atoms with Crippen LogP contribution in [-0.2, 0) is 16.1 Å². The highest BCUT2D eigenvalue weighted by atomic mass is 16.5. The van der Waals surface area contributed by atoms with E-state index in [0.29, 0.717) is 38.7 Å². The second-order valence-electron chi connectivity index (χ2n) is 4.40. The Morgan fingerprint density at radius 1 is 1.29 bits per heavy atom. The van der Waals surface area contributed by atoms with Crippen molar-refractivity contribution in [2.45, 2.75) is 20.5 Å². The van der Waals surface area contributed by atoms with Crippen molar-refractivity contribution in [3.05, 3.63) is 11.9 Å². The first-order chi connectivity index (χ1) is 10.2. The van der Waals surface area contributed by atoms with Crippen LogP contribution in [0.4, 0.5) is 11.6 Å². The molecule has 120 valence electrons. The number of aliphatic hydroxyl groups excluding tert-OH is 1.